The van der Waals surface area contributed by atoms with Crippen molar-refractivity contribution in [1.29, 1.82) is 0 Å². The molecule has 1 aliphatic heterocycles. The zero-order valence-electron chi connectivity index (χ0n) is 9.47. The normalized spacial score (nSPS) is 21.3. The van der Waals surface area contributed by atoms with E-state index in [0.29, 0.717) is 19.4 Å². The number of H-pyrrole nitrogens is 1. The molecule has 1 atom stereocenters. The first-order valence-electron chi connectivity index (χ1n) is 5.47. The summed E-state index contributed by atoms with van der Waals surface area (Å²) in [5, 5.41) is 8.98. The van der Waals surface area contributed by atoms with Gasteiger partial charge in [0, 0.05) is 18.8 Å². The summed E-state index contributed by atoms with van der Waals surface area (Å²) in [5.74, 6) is 0. The van der Waals surface area contributed by atoms with Crippen molar-refractivity contribution in [3.05, 3.63) is 27.6 Å². The molecule has 2 heterocycles. The fraction of sp³-hybridized carbons (Fsp3) is 0.500. The monoisotopic (exact) mass is 292 g/mol. The number of hydrogen-bond acceptors (Lipinski definition) is 4. The Labute approximate surface area is 109 Å². The Kier molecular flexibility index (Phi) is 3.76. The SMILES string of the molecule is O=c1[nH]cc(S(=O)(=O)N2CCC[C@@H]2CO)cc1Cl. The van der Waals surface area contributed by atoms with Crippen molar-refractivity contribution in [1.82, 2.24) is 9.29 Å². The van der Waals surface area contributed by atoms with Crippen LogP contribution in [0.4, 0.5) is 0 Å². The zero-order valence-corrected chi connectivity index (χ0v) is 11.0. The lowest BCUT2D eigenvalue weighted by Gasteiger charge is -2.22. The van der Waals surface area contributed by atoms with Crippen LogP contribution in [0.25, 0.3) is 0 Å². The van der Waals surface area contributed by atoms with Gasteiger partial charge < -0.3 is 10.1 Å². The minimum absolute atomic E-state index is 0.0625. The van der Waals surface area contributed by atoms with E-state index in [0.717, 1.165) is 12.3 Å². The number of aliphatic hydroxyl groups is 1. The van der Waals surface area contributed by atoms with Gasteiger partial charge in [-0.1, -0.05) is 11.6 Å². The highest BCUT2D eigenvalue weighted by atomic mass is 35.5. The Bertz CT molecular complexity index is 598. The van der Waals surface area contributed by atoms with Gasteiger partial charge in [0.1, 0.15) is 5.02 Å². The van der Waals surface area contributed by atoms with Gasteiger partial charge in [0.2, 0.25) is 10.0 Å². The lowest BCUT2D eigenvalue weighted by Crippen LogP contribution is -2.37. The second kappa shape index (κ2) is 5.00. The predicted molar refractivity (Wildman–Crippen MR) is 66.1 cm³/mol. The second-order valence-electron chi connectivity index (χ2n) is 4.11. The third-order valence-electron chi connectivity index (χ3n) is 2.97. The average molecular weight is 293 g/mol. The molecule has 100 valence electrons. The van der Waals surface area contributed by atoms with Gasteiger partial charge in [-0.15, -0.1) is 0 Å². The zero-order chi connectivity index (χ0) is 13.3. The van der Waals surface area contributed by atoms with E-state index in [1.54, 1.807) is 0 Å². The number of aromatic amines is 1. The second-order valence-corrected chi connectivity index (χ2v) is 6.40. The quantitative estimate of drug-likeness (QED) is 0.831. The average Bonchev–Trinajstić information content (AvgIpc) is 2.81. The number of hydrogen-bond donors (Lipinski definition) is 2. The van der Waals surface area contributed by atoms with Gasteiger partial charge in [0.25, 0.3) is 5.56 Å². The van der Waals surface area contributed by atoms with Crippen LogP contribution < -0.4 is 5.56 Å². The van der Waals surface area contributed by atoms with E-state index in [2.05, 4.69) is 4.98 Å². The van der Waals surface area contributed by atoms with Crippen LogP contribution >= 0.6 is 11.6 Å². The van der Waals surface area contributed by atoms with Crippen LogP contribution in [0.2, 0.25) is 5.02 Å². The van der Waals surface area contributed by atoms with Crippen LogP contribution in [0.1, 0.15) is 12.8 Å². The molecule has 1 fully saturated rings. The third kappa shape index (κ3) is 2.31. The first kappa shape index (κ1) is 13.5. The van der Waals surface area contributed by atoms with Crippen LogP contribution in [-0.2, 0) is 10.0 Å². The van der Waals surface area contributed by atoms with Crippen LogP contribution in [-0.4, -0.2) is 42.0 Å². The molecule has 2 N–H and O–H groups in total. The van der Waals surface area contributed by atoms with Crippen LogP contribution in [0, 0.1) is 0 Å². The Balaban J connectivity index is 2.41. The van der Waals surface area contributed by atoms with Crippen LogP contribution in [0.3, 0.4) is 0 Å². The Morgan fingerprint density at radius 1 is 1.56 bits per heavy atom. The maximum Gasteiger partial charge on any atom is 0.266 e. The number of aromatic nitrogens is 1. The molecule has 2 rings (SSSR count). The van der Waals surface area contributed by atoms with Gasteiger partial charge in [-0.3, -0.25) is 4.79 Å². The molecule has 0 aromatic carbocycles. The molecule has 0 saturated carbocycles. The molecule has 8 heteroatoms. The molecule has 0 unspecified atom stereocenters. The predicted octanol–water partition coefficient (Wildman–Crippen LogP) is 0.174. The Morgan fingerprint density at radius 2 is 2.28 bits per heavy atom. The minimum Gasteiger partial charge on any atom is -0.395 e. The van der Waals surface area contributed by atoms with E-state index < -0.39 is 21.6 Å². The van der Waals surface area contributed by atoms with E-state index in [1.807, 2.05) is 0 Å². The van der Waals surface area contributed by atoms with E-state index in [4.69, 9.17) is 16.7 Å². The molecule has 18 heavy (non-hydrogen) atoms. The van der Waals surface area contributed by atoms with Crippen molar-refractivity contribution in [3.8, 4) is 0 Å². The van der Waals surface area contributed by atoms with E-state index in [-0.39, 0.29) is 16.5 Å². The molecule has 6 nitrogen and oxygen atoms in total. The molecule has 1 saturated heterocycles. The maximum absolute atomic E-state index is 12.3. The van der Waals surface area contributed by atoms with Gasteiger partial charge >= 0.3 is 0 Å². The lowest BCUT2D eigenvalue weighted by atomic mass is 10.2. The summed E-state index contributed by atoms with van der Waals surface area (Å²) in [6.45, 7) is 0.153. The number of nitrogens with zero attached hydrogens (tertiary/aromatic N) is 1. The van der Waals surface area contributed by atoms with Crippen molar-refractivity contribution >= 4 is 21.6 Å². The largest absolute Gasteiger partial charge is 0.395 e. The molecule has 0 radical (unpaired) electrons. The van der Waals surface area contributed by atoms with Gasteiger partial charge in [-0.05, 0) is 18.9 Å². The number of halogens is 1. The van der Waals surface area contributed by atoms with Gasteiger partial charge in [-0.25, -0.2) is 8.42 Å². The first-order valence-corrected chi connectivity index (χ1v) is 7.29. The number of nitrogens with one attached hydrogen (secondary N) is 1. The van der Waals surface area contributed by atoms with Gasteiger partial charge in [0.05, 0.1) is 11.5 Å². The highest BCUT2D eigenvalue weighted by Crippen LogP contribution is 2.25. The van der Waals surface area contributed by atoms with Gasteiger partial charge in [-0.2, -0.15) is 4.31 Å². The summed E-state index contributed by atoms with van der Waals surface area (Å²) in [5.41, 5.74) is -0.532. The highest BCUT2D eigenvalue weighted by molar-refractivity contribution is 7.89. The van der Waals surface area contributed by atoms with Crippen molar-refractivity contribution < 1.29 is 13.5 Å². The molecule has 0 aliphatic carbocycles. The van der Waals surface area contributed by atoms with Crippen molar-refractivity contribution in [2.24, 2.45) is 0 Å². The first-order chi connectivity index (χ1) is 8.46. The smallest absolute Gasteiger partial charge is 0.266 e. The van der Waals surface area contributed by atoms with Crippen LogP contribution in [0.5, 0.6) is 0 Å². The lowest BCUT2D eigenvalue weighted by molar-refractivity contribution is 0.213. The number of sulfonamides is 1. The summed E-state index contributed by atoms with van der Waals surface area (Å²) in [6, 6.07) is 0.725. The molecular formula is C10H13ClN2O4S. The number of pyridine rings is 1. The summed E-state index contributed by atoms with van der Waals surface area (Å²) in [4.78, 5) is 13.3. The van der Waals surface area contributed by atoms with Crippen molar-refractivity contribution in [3.63, 3.8) is 0 Å². The molecule has 0 spiro atoms. The van der Waals surface area contributed by atoms with E-state index in [1.165, 1.54) is 4.31 Å². The molecule has 1 aromatic heterocycles. The van der Waals surface area contributed by atoms with E-state index in [9.17, 15) is 13.2 Å². The highest BCUT2D eigenvalue weighted by Gasteiger charge is 2.35. The standard InChI is InChI=1S/C10H13ClN2O4S/c11-9-4-8(5-12-10(9)15)18(16,17)13-3-1-2-7(13)6-14/h4-5,7,14H,1-3,6H2,(H,12,15)/t7-/m1/s1. The fourth-order valence-electron chi connectivity index (χ4n) is 2.03. The van der Waals surface area contributed by atoms with Crippen molar-refractivity contribution in [2.75, 3.05) is 13.2 Å². The van der Waals surface area contributed by atoms with Crippen LogP contribution in [0.15, 0.2) is 22.0 Å². The summed E-state index contributed by atoms with van der Waals surface area (Å²) < 4.78 is 25.8. The molecule has 0 amide bonds. The molecule has 0 bridgehead atoms. The Morgan fingerprint density at radius 3 is 2.89 bits per heavy atom. The number of aliphatic hydroxyl groups excluding tert-OH is 1. The minimum atomic E-state index is -3.72. The van der Waals surface area contributed by atoms with E-state index >= 15 is 0 Å². The summed E-state index contributed by atoms with van der Waals surface area (Å²) >= 11 is 5.62. The number of rotatable bonds is 3. The topological polar surface area (TPSA) is 90.5 Å². The van der Waals surface area contributed by atoms with Crippen molar-refractivity contribution in [2.45, 2.75) is 23.8 Å². The summed E-state index contributed by atoms with van der Waals surface area (Å²) in [7, 11) is -3.72. The van der Waals surface area contributed by atoms with Gasteiger partial charge in [0.15, 0.2) is 0 Å². The fourth-order valence-corrected chi connectivity index (χ4v) is 3.95. The third-order valence-corrected chi connectivity index (χ3v) is 5.18. The summed E-state index contributed by atoms with van der Waals surface area (Å²) in [6.07, 6.45) is 2.46. The Hall–Kier alpha value is -0.890. The maximum atomic E-state index is 12.3. The molecule has 1 aliphatic rings. The molecular weight excluding hydrogens is 280 g/mol. The molecule has 1 aromatic rings.